The number of hydrogen-bond donors (Lipinski definition) is 4. The minimum Gasteiger partial charge on any atom is -0.326 e. The monoisotopic (exact) mass is 412 g/mol. The molecule has 0 bridgehead atoms. The highest BCUT2D eigenvalue weighted by molar-refractivity contribution is 7.80. The topological polar surface area (TPSA) is 99.3 Å². The number of aryl methyl sites for hydroxylation is 1. The summed E-state index contributed by atoms with van der Waals surface area (Å²) >= 11 is 5.02. The molecule has 0 saturated carbocycles. The first-order valence-corrected chi connectivity index (χ1v) is 9.72. The summed E-state index contributed by atoms with van der Waals surface area (Å²) in [6.07, 6.45) is 2.09. The van der Waals surface area contributed by atoms with Gasteiger partial charge >= 0.3 is 0 Å². The van der Waals surface area contributed by atoms with Gasteiger partial charge in [-0.25, -0.2) is 0 Å². The van der Waals surface area contributed by atoms with E-state index in [2.05, 4.69) is 21.5 Å². The van der Waals surface area contributed by atoms with E-state index in [-0.39, 0.29) is 23.3 Å². The average Bonchev–Trinajstić information content (AvgIpc) is 2.72. The number of hydrazine groups is 1. The van der Waals surface area contributed by atoms with Crippen LogP contribution in [0.3, 0.4) is 0 Å². The van der Waals surface area contributed by atoms with Crippen LogP contribution in [-0.4, -0.2) is 22.8 Å². The van der Waals surface area contributed by atoms with E-state index in [0.29, 0.717) is 24.1 Å². The summed E-state index contributed by atoms with van der Waals surface area (Å²) in [7, 11) is 0. The van der Waals surface area contributed by atoms with E-state index in [1.807, 2.05) is 37.3 Å². The lowest BCUT2D eigenvalue weighted by Crippen LogP contribution is -2.48. The van der Waals surface area contributed by atoms with Crippen molar-refractivity contribution in [1.82, 2.24) is 16.2 Å². The second-order valence-corrected chi connectivity index (χ2v) is 6.73. The van der Waals surface area contributed by atoms with E-state index < -0.39 is 5.91 Å². The highest BCUT2D eigenvalue weighted by Crippen LogP contribution is 2.10. The normalized spacial score (nSPS) is 9.97. The molecule has 0 aromatic heterocycles. The van der Waals surface area contributed by atoms with Crippen LogP contribution in [0.15, 0.2) is 54.6 Å². The highest BCUT2D eigenvalue weighted by Gasteiger charge is 2.09. The molecule has 0 spiro atoms. The number of anilines is 1. The maximum atomic E-state index is 12.1. The molecule has 2 rings (SSSR count). The summed E-state index contributed by atoms with van der Waals surface area (Å²) in [5.41, 5.74) is 6.99. The van der Waals surface area contributed by atoms with Gasteiger partial charge in [-0.1, -0.05) is 37.3 Å². The maximum absolute atomic E-state index is 12.1. The minimum atomic E-state index is -0.419. The standard InChI is InChI=1S/C21H24N4O3S/c1-2-6-18(26)22-17-12-10-16(11-13-17)20(28)24-25-21(29)23-19(27)14-9-15-7-4-3-5-8-15/h3-5,7-8,10-13H,2,6,9,14H2,1H3,(H,22,26)(H,24,28)(H2,23,25,27,29). The Bertz CT molecular complexity index is 854. The highest BCUT2D eigenvalue weighted by atomic mass is 32.1. The summed E-state index contributed by atoms with van der Waals surface area (Å²) in [4.78, 5) is 35.7. The number of thiocarbonyl (C=S) groups is 1. The zero-order chi connectivity index (χ0) is 21.1. The van der Waals surface area contributed by atoms with Gasteiger partial charge in [-0.15, -0.1) is 0 Å². The zero-order valence-corrected chi connectivity index (χ0v) is 17.0. The van der Waals surface area contributed by atoms with Crippen LogP contribution in [0.5, 0.6) is 0 Å². The Morgan fingerprint density at radius 2 is 1.55 bits per heavy atom. The van der Waals surface area contributed by atoms with Gasteiger partial charge in [0.1, 0.15) is 0 Å². The van der Waals surface area contributed by atoms with Gasteiger partial charge in [0.25, 0.3) is 5.91 Å². The third kappa shape index (κ3) is 8.10. The third-order valence-electron chi connectivity index (χ3n) is 3.93. The molecule has 0 heterocycles. The fourth-order valence-corrected chi connectivity index (χ4v) is 2.63. The molecule has 0 unspecified atom stereocenters. The van der Waals surface area contributed by atoms with Crippen molar-refractivity contribution in [1.29, 1.82) is 0 Å². The van der Waals surface area contributed by atoms with Gasteiger partial charge in [-0.3, -0.25) is 25.2 Å². The smallest absolute Gasteiger partial charge is 0.269 e. The van der Waals surface area contributed by atoms with E-state index in [0.717, 1.165) is 12.0 Å². The van der Waals surface area contributed by atoms with Crippen molar-refractivity contribution in [2.24, 2.45) is 0 Å². The number of carbonyl (C=O) groups excluding carboxylic acids is 3. The quantitative estimate of drug-likeness (QED) is 0.414. The van der Waals surface area contributed by atoms with Crippen molar-refractivity contribution in [3.63, 3.8) is 0 Å². The Labute approximate surface area is 175 Å². The van der Waals surface area contributed by atoms with Gasteiger partial charge in [0.2, 0.25) is 11.8 Å². The molecular weight excluding hydrogens is 388 g/mol. The van der Waals surface area contributed by atoms with Crippen LogP contribution < -0.4 is 21.5 Å². The molecule has 0 radical (unpaired) electrons. The molecular formula is C21H24N4O3S. The Balaban J connectivity index is 1.72. The minimum absolute atomic E-state index is 0.0138. The molecule has 0 aliphatic rings. The Morgan fingerprint density at radius 1 is 0.862 bits per heavy atom. The van der Waals surface area contributed by atoms with Gasteiger partial charge in [-0.05, 0) is 54.9 Å². The van der Waals surface area contributed by atoms with Crippen LogP contribution in [0.2, 0.25) is 0 Å². The van der Waals surface area contributed by atoms with Gasteiger partial charge in [0, 0.05) is 24.1 Å². The summed E-state index contributed by atoms with van der Waals surface area (Å²) < 4.78 is 0. The molecule has 152 valence electrons. The molecule has 2 aromatic rings. The summed E-state index contributed by atoms with van der Waals surface area (Å²) in [5, 5.41) is 5.28. The second-order valence-electron chi connectivity index (χ2n) is 6.32. The lowest BCUT2D eigenvalue weighted by atomic mass is 10.1. The van der Waals surface area contributed by atoms with Gasteiger partial charge in [-0.2, -0.15) is 0 Å². The van der Waals surface area contributed by atoms with Crippen molar-refractivity contribution >= 4 is 40.7 Å². The lowest BCUT2D eigenvalue weighted by Gasteiger charge is -2.11. The van der Waals surface area contributed by atoms with Crippen LogP contribution >= 0.6 is 12.2 Å². The number of benzene rings is 2. The fourth-order valence-electron chi connectivity index (χ4n) is 2.46. The molecule has 0 atom stereocenters. The Morgan fingerprint density at radius 3 is 2.21 bits per heavy atom. The SMILES string of the molecule is CCCC(=O)Nc1ccc(C(=O)NNC(=S)NC(=O)CCc2ccccc2)cc1. The number of rotatable bonds is 7. The summed E-state index contributed by atoms with van der Waals surface area (Å²) in [5.74, 6) is -0.732. The first kappa shape index (κ1) is 22.0. The van der Waals surface area contributed by atoms with Gasteiger partial charge < -0.3 is 10.6 Å². The van der Waals surface area contributed by atoms with Gasteiger partial charge in [0.15, 0.2) is 5.11 Å². The average molecular weight is 413 g/mol. The van der Waals surface area contributed by atoms with Gasteiger partial charge in [0.05, 0.1) is 0 Å². The van der Waals surface area contributed by atoms with Crippen molar-refractivity contribution in [3.8, 4) is 0 Å². The van der Waals surface area contributed by atoms with E-state index in [4.69, 9.17) is 12.2 Å². The van der Waals surface area contributed by atoms with Crippen LogP contribution in [0.1, 0.15) is 42.1 Å². The summed E-state index contributed by atoms with van der Waals surface area (Å²) in [6, 6.07) is 16.1. The molecule has 2 aromatic carbocycles. The van der Waals surface area contributed by atoms with Crippen LogP contribution in [0.4, 0.5) is 5.69 Å². The van der Waals surface area contributed by atoms with E-state index in [9.17, 15) is 14.4 Å². The van der Waals surface area contributed by atoms with Crippen molar-refractivity contribution < 1.29 is 14.4 Å². The van der Waals surface area contributed by atoms with Crippen LogP contribution in [-0.2, 0) is 16.0 Å². The predicted octanol–water partition coefficient (Wildman–Crippen LogP) is 2.69. The number of hydrogen-bond acceptors (Lipinski definition) is 4. The molecule has 0 saturated heterocycles. The molecule has 29 heavy (non-hydrogen) atoms. The zero-order valence-electron chi connectivity index (χ0n) is 16.2. The predicted molar refractivity (Wildman–Crippen MR) is 116 cm³/mol. The largest absolute Gasteiger partial charge is 0.326 e. The number of carbonyl (C=O) groups is 3. The number of amides is 3. The van der Waals surface area contributed by atoms with E-state index in [1.165, 1.54) is 0 Å². The Hall–Kier alpha value is -3.26. The Kier molecular flexibility index (Phi) is 8.78. The van der Waals surface area contributed by atoms with E-state index in [1.54, 1.807) is 24.3 Å². The van der Waals surface area contributed by atoms with Crippen molar-refractivity contribution in [2.75, 3.05) is 5.32 Å². The molecule has 0 aliphatic carbocycles. The first-order valence-electron chi connectivity index (χ1n) is 9.32. The molecule has 3 amide bonds. The third-order valence-corrected chi connectivity index (χ3v) is 4.14. The van der Waals surface area contributed by atoms with Crippen molar-refractivity contribution in [3.05, 3.63) is 65.7 Å². The fraction of sp³-hybridized carbons (Fsp3) is 0.238. The summed E-state index contributed by atoms with van der Waals surface area (Å²) in [6.45, 7) is 1.93. The van der Waals surface area contributed by atoms with E-state index >= 15 is 0 Å². The molecule has 0 aliphatic heterocycles. The van der Waals surface area contributed by atoms with Crippen LogP contribution in [0.25, 0.3) is 0 Å². The molecule has 7 nitrogen and oxygen atoms in total. The molecule has 0 fully saturated rings. The first-order chi connectivity index (χ1) is 14.0. The molecule has 4 N–H and O–H groups in total. The maximum Gasteiger partial charge on any atom is 0.269 e. The number of nitrogens with one attached hydrogen (secondary N) is 4. The molecule has 8 heteroatoms. The van der Waals surface area contributed by atoms with Crippen LogP contribution in [0, 0.1) is 0 Å². The van der Waals surface area contributed by atoms with Crippen molar-refractivity contribution in [2.45, 2.75) is 32.6 Å². The second kappa shape index (κ2) is 11.6. The lowest BCUT2D eigenvalue weighted by molar-refractivity contribution is -0.119.